The molecule has 0 radical (unpaired) electrons. The third kappa shape index (κ3) is 3.10. The highest BCUT2D eigenvalue weighted by molar-refractivity contribution is 5.75. The van der Waals surface area contributed by atoms with Gasteiger partial charge in [-0.15, -0.1) is 0 Å². The highest BCUT2D eigenvalue weighted by Gasteiger charge is 2.26. The SMILES string of the molecule is O=CCCc1cccc(C(F)F)c1C(O)C(=O)O. The number of hydrogen-bond acceptors (Lipinski definition) is 3. The zero-order valence-electron chi connectivity index (χ0n) is 9.35. The number of carboxylic acids is 1. The lowest BCUT2D eigenvalue weighted by atomic mass is 9.94. The molecule has 0 bridgehead atoms. The summed E-state index contributed by atoms with van der Waals surface area (Å²) in [6.45, 7) is 0. The Morgan fingerprint density at radius 3 is 2.56 bits per heavy atom. The lowest BCUT2D eigenvalue weighted by molar-refractivity contribution is -0.147. The maximum atomic E-state index is 12.8. The highest BCUT2D eigenvalue weighted by Crippen LogP contribution is 2.31. The molecule has 0 aromatic heterocycles. The van der Waals surface area contributed by atoms with Crippen LogP contribution in [0.5, 0.6) is 0 Å². The van der Waals surface area contributed by atoms with Crippen LogP contribution >= 0.6 is 0 Å². The van der Waals surface area contributed by atoms with Gasteiger partial charge >= 0.3 is 5.97 Å². The lowest BCUT2D eigenvalue weighted by Gasteiger charge is -2.16. The van der Waals surface area contributed by atoms with E-state index in [2.05, 4.69) is 0 Å². The fourth-order valence-corrected chi connectivity index (χ4v) is 1.71. The summed E-state index contributed by atoms with van der Waals surface area (Å²) in [5, 5.41) is 18.2. The van der Waals surface area contributed by atoms with Crippen LogP contribution in [-0.2, 0) is 16.0 Å². The van der Waals surface area contributed by atoms with E-state index in [0.717, 1.165) is 6.07 Å². The molecule has 98 valence electrons. The second-order valence-electron chi connectivity index (χ2n) is 3.67. The summed E-state index contributed by atoms with van der Waals surface area (Å²) < 4.78 is 25.6. The number of aliphatic carboxylic acids is 1. The van der Waals surface area contributed by atoms with Crippen molar-refractivity contribution in [1.29, 1.82) is 0 Å². The van der Waals surface area contributed by atoms with Crippen LogP contribution in [0.25, 0.3) is 0 Å². The molecule has 4 nitrogen and oxygen atoms in total. The molecule has 18 heavy (non-hydrogen) atoms. The van der Waals surface area contributed by atoms with Gasteiger partial charge in [0.05, 0.1) is 0 Å². The van der Waals surface area contributed by atoms with Gasteiger partial charge in [0.25, 0.3) is 6.43 Å². The molecule has 1 unspecified atom stereocenters. The smallest absolute Gasteiger partial charge is 0.337 e. The number of carbonyl (C=O) groups is 2. The predicted molar refractivity (Wildman–Crippen MR) is 58.4 cm³/mol. The van der Waals surface area contributed by atoms with Gasteiger partial charge in [-0.3, -0.25) is 0 Å². The Kier molecular flexibility index (Phi) is 4.91. The summed E-state index contributed by atoms with van der Waals surface area (Å²) >= 11 is 0. The van der Waals surface area contributed by atoms with Crippen molar-refractivity contribution in [2.75, 3.05) is 0 Å². The third-order valence-corrected chi connectivity index (χ3v) is 2.50. The Hall–Kier alpha value is -1.82. The largest absolute Gasteiger partial charge is 0.479 e. The molecule has 0 aliphatic heterocycles. The Morgan fingerprint density at radius 1 is 1.39 bits per heavy atom. The molecule has 1 aromatic carbocycles. The molecule has 0 heterocycles. The van der Waals surface area contributed by atoms with E-state index in [1.807, 2.05) is 0 Å². The topological polar surface area (TPSA) is 74.6 Å². The van der Waals surface area contributed by atoms with Crippen LogP contribution in [0.2, 0.25) is 0 Å². The van der Waals surface area contributed by atoms with Crippen molar-refractivity contribution in [3.05, 3.63) is 34.9 Å². The van der Waals surface area contributed by atoms with Crippen LogP contribution in [-0.4, -0.2) is 22.5 Å². The van der Waals surface area contributed by atoms with Crippen LogP contribution in [0.15, 0.2) is 18.2 Å². The van der Waals surface area contributed by atoms with Gasteiger partial charge in [0.15, 0.2) is 6.10 Å². The number of benzene rings is 1. The molecule has 2 N–H and O–H groups in total. The lowest BCUT2D eigenvalue weighted by Crippen LogP contribution is -2.15. The molecular formula is C12H12F2O4. The molecule has 0 amide bonds. The van der Waals surface area contributed by atoms with Gasteiger partial charge in [0, 0.05) is 17.5 Å². The van der Waals surface area contributed by atoms with E-state index in [1.165, 1.54) is 12.1 Å². The van der Waals surface area contributed by atoms with Crippen molar-refractivity contribution in [2.45, 2.75) is 25.4 Å². The van der Waals surface area contributed by atoms with E-state index in [9.17, 15) is 23.5 Å². The van der Waals surface area contributed by atoms with Crippen LogP contribution < -0.4 is 0 Å². The Balaban J connectivity index is 3.28. The minimum absolute atomic E-state index is 0.0754. The number of halogens is 2. The van der Waals surface area contributed by atoms with Gasteiger partial charge in [-0.1, -0.05) is 18.2 Å². The van der Waals surface area contributed by atoms with Crippen LogP contribution in [0, 0.1) is 0 Å². The average Bonchev–Trinajstić information content (AvgIpc) is 2.34. The van der Waals surface area contributed by atoms with Crippen molar-refractivity contribution in [3.8, 4) is 0 Å². The Morgan fingerprint density at radius 2 is 2.06 bits per heavy atom. The van der Waals surface area contributed by atoms with Crippen molar-refractivity contribution in [2.24, 2.45) is 0 Å². The second kappa shape index (κ2) is 6.20. The fraction of sp³-hybridized carbons (Fsp3) is 0.333. The molecular weight excluding hydrogens is 246 g/mol. The molecule has 1 rings (SSSR count). The zero-order chi connectivity index (χ0) is 13.7. The minimum Gasteiger partial charge on any atom is -0.479 e. The van der Waals surface area contributed by atoms with E-state index in [-0.39, 0.29) is 24.0 Å². The summed E-state index contributed by atoms with van der Waals surface area (Å²) in [5.41, 5.74) is -0.593. The molecule has 0 saturated carbocycles. The number of aliphatic hydroxyl groups is 1. The first-order chi connectivity index (χ1) is 8.49. The van der Waals surface area contributed by atoms with Crippen molar-refractivity contribution in [1.82, 2.24) is 0 Å². The van der Waals surface area contributed by atoms with E-state index in [0.29, 0.717) is 6.29 Å². The maximum Gasteiger partial charge on any atom is 0.337 e. The number of rotatable bonds is 6. The third-order valence-electron chi connectivity index (χ3n) is 2.50. The average molecular weight is 258 g/mol. The molecule has 0 fully saturated rings. The van der Waals surface area contributed by atoms with Crippen LogP contribution in [0.3, 0.4) is 0 Å². The van der Waals surface area contributed by atoms with Gasteiger partial charge in [-0.25, -0.2) is 13.6 Å². The Bertz CT molecular complexity index is 446. The van der Waals surface area contributed by atoms with E-state index >= 15 is 0 Å². The summed E-state index contributed by atoms with van der Waals surface area (Å²) in [6.07, 6.45) is -4.11. The highest BCUT2D eigenvalue weighted by atomic mass is 19.3. The summed E-state index contributed by atoms with van der Waals surface area (Å²) in [7, 11) is 0. The molecule has 6 heteroatoms. The van der Waals surface area contributed by atoms with Crippen molar-refractivity contribution < 1.29 is 28.6 Å². The summed E-state index contributed by atoms with van der Waals surface area (Å²) in [5.74, 6) is -1.60. The van der Waals surface area contributed by atoms with Crippen molar-refractivity contribution >= 4 is 12.3 Å². The maximum absolute atomic E-state index is 12.8. The first-order valence-corrected chi connectivity index (χ1v) is 5.23. The van der Waals surface area contributed by atoms with Gasteiger partial charge in [-0.05, 0) is 12.0 Å². The summed E-state index contributed by atoms with van der Waals surface area (Å²) in [4.78, 5) is 21.0. The standard InChI is InChI=1S/C12H12F2O4/c13-11(14)8-5-1-3-7(4-2-6-15)9(8)10(16)12(17)18/h1,3,5-6,10-11,16H,2,4H2,(H,17,18). The fourth-order valence-electron chi connectivity index (χ4n) is 1.71. The predicted octanol–water partition coefficient (Wildman–Crippen LogP) is 1.87. The number of aldehydes is 1. The number of aliphatic hydroxyl groups excluding tert-OH is 1. The first-order valence-electron chi connectivity index (χ1n) is 5.23. The molecule has 1 atom stereocenters. The van der Waals surface area contributed by atoms with E-state index in [1.54, 1.807) is 0 Å². The monoisotopic (exact) mass is 258 g/mol. The van der Waals surface area contributed by atoms with Gasteiger partial charge in [-0.2, -0.15) is 0 Å². The Labute approximate surface area is 102 Å². The van der Waals surface area contributed by atoms with Gasteiger partial charge < -0.3 is 15.0 Å². The molecule has 0 aliphatic carbocycles. The normalized spacial score (nSPS) is 12.4. The molecule has 0 saturated heterocycles. The van der Waals surface area contributed by atoms with Gasteiger partial charge in [0.1, 0.15) is 6.29 Å². The number of aryl methyl sites for hydroxylation is 1. The summed E-state index contributed by atoms with van der Waals surface area (Å²) in [6, 6.07) is 3.84. The molecule has 1 aromatic rings. The number of carbonyl (C=O) groups excluding carboxylic acids is 1. The van der Waals surface area contributed by atoms with E-state index in [4.69, 9.17) is 5.11 Å². The minimum atomic E-state index is -2.88. The van der Waals surface area contributed by atoms with E-state index < -0.39 is 24.1 Å². The zero-order valence-corrected chi connectivity index (χ0v) is 9.35. The number of carboxylic acid groups (broad SMARTS) is 1. The first kappa shape index (κ1) is 14.2. The number of hydrogen-bond donors (Lipinski definition) is 2. The molecule has 0 aliphatic rings. The van der Waals surface area contributed by atoms with Crippen LogP contribution in [0.4, 0.5) is 8.78 Å². The quantitative estimate of drug-likeness (QED) is 0.764. The van der Waals surface area contributed by atoms with Crippen molar-refractivity contribution in [3.63, 3.8) is 0 Å². The van der Waals surface area contributed by atoms with Gasteiger partial charge in [0.2, 0.25) is 0 Å². The number of alkyl halides is 2. The van der Waals surface area contributed by atoms with Crippen LogP contribution in [0.1, 0.15) is 35.6 Å². The second-order valence-corrected chi connectivity index (χ2v) is 3.67. The molecule has 0 spiro atoms.